The maximum Gasteiger partial charge on any atom is 0.234 e. The molecule has 7 nitrogen and oxygen atoms in total. The van der Waals surface area contributed by atoms with Crippen molar-refractivity contribution in [2.45, 2.75) is 51.4 Å². The molecule has 0 saturated carbocycles. The monoisotopic (exact) mass is 532 g/mol. The van der Waals surface area contributed by atoms with Crippen molar-refractivity contribution in [2.24, 2.45) is 0 Å². The van der Waals surface area contributed by atoms with Crippen molar-refractivity contribution >= 4 is 39.3 Å². The van der Waals surface area contributed by atoms with E-state index in [-0.39, 0.29) is 17.8 Å². The van der Waals surface area contributed by atoms with Crippen LogP contribution in [0.2, 0.25) is 0 Å². The zero-order valence-electron chi connectivity index (χ0n) is 19.5. The van der Waals surface area contributed by atoms with Crippen LogP contribution in [-0.2, 0) is 11.3 Å². The van der Waals surface area contributed by atoms with E-state index in [1.165, 1.54) is 11.8 Å². The third-order valence-electron chi connectivity index (χ3n) is 5.04. The minimum Gasteiger partial charge on any atom is -0.493 e. The van der Waals surface area contributed by atoms with E-state index in [1.54, 1.807) is 7.11 Å². The van der Waals surface area contributed by atoms with Gasteiger partial charge in [0.1, 0.15) is 0 Å². The Morgan fingerprint density at radius 1 is 1.15 bits per heavy atom. The van der Waals surface area contributed by atoms with Gasteiger partial charge in [0.05, 0.1) is 12.9 Å². The van der Waals surface area contributed by atoms with E-state index in [0.717, 1.165) is 15.7 Å². The molecule has 9 heteroatoms. The first-order valence-corrected chi connectivity index (χ1v) is 12.6. The van der Waals surface area contributed by atoms with Crippen molar-refractivity contribution in [1.82, 2.24) is 14.8 Å². The molecule has 1 amide bonds. The summed E-state index contributed by atoms with van der Waals surface area (Å²) in [6.45, 7) is 8.81. The van der Waals surface area contributed by atoms with Gasteiger partial charge in [-0.15, -0.1) is 10.2 Å². The predicted octanol–water partition coefficient (Wildman–Crippen LogP) is 6.06. The van der Waals surface area contributed by atoms with Gasteiger partial charge in [0.15, 0.2) is 28.6 Å². The van der Waals surface area contributed by atoms with Gasteiger partial charge < -0.3 is 19.4 Å². The molecule has 1 aromatic heterocycles. The number of rotatable bonds is 10. The lowest BCUT2D eigenvalue weighted by Gasteiger charge is -2.17. The lowest BCUT2D eigenvalue weighted by atomic mass is 10.0. The molecule has 1 atom stereocenters. The molecule has 0 aliphatic heterocycles. The quantitative estimate of drug-likeness (QED) is 0.319. The highest BCUT2D eigenvalue weighted by molar-refractivity contribution is 9.10. The Balaban J connectivity index is 1.67. The molecule has 0 fully saturated rings. The number of nitrogens with zero attached hydrogens (tertiary/aromatic N) is 3. The summed E-state index contributed by atoms with van der Waals surface area (Å²) in [5, 5.41) is 12.3. The summed E-state index contributed by atoms with van der Waals surface area (Å²) >= 11 is 4.86. The number of aromatic nitrogens is 3. The van der Waals surface area contributed by atoms with E-state index < -0.39 is 0 Å². The first-order chi connectivity index (χ1) is 15.8. The number of hydrogen-bond donors (Lipinski definition) is 1. The van der Waals surface area contributed by atoms with Crippen molar-refractivity contribution in [3.63, 3.8) is 0 Å². The van der Waals surface area contributed by atoms with Gasteiger partial charge in [-0.2, -0.15) is 0 Å². The molecule has 33 heavy (non-hydrogen) atoms. The number of para-hydroxylation sites is 2. The Bertz CT molecular complexity index is 1100. The topological polar surface area (TPSA) is 78.3 Å². The van der Waals surface area contributed by atoms with Crippen LogP contribution in [0.15, 0.2) is 52.1 Å². The van der Waals surface area contributed by atoms with Gasteiger partial charge in [0.25, 0.3) is 0 Å². The number of benzene rings is 2. The number of ether oxygens (including phenoxy) is 2. The fraction of sp³-hybridized carbons (Fsp3) is 0.375. The number of carbonyl (C=O) groups is 1. The highest BCUT2D eigenvalue weighted by Gasteiger charge is 2.21. The van der Waals surface area contributed by atoms with Crippen LogP contribution in [0.3, 0.4) is 0 Å². The number of hydrogen-bond acceptors (Lipinski definition) is 6. The Morgan fingerprint density at radius 3 is 2.55 bits per heavy atom. The second-order valence-corrected chi connectivity index (χ2v) is 9.58. The molecule has 0 saturated heterocycles. The average Bonchev–Trinajstić information content (AvgIpc) is 3.22. The number of thioether (sulfide) groups is 1. The van der Waals surface area contributed by atoms with E-state index in [9.17, 15) is 4.79 Å². The van der Waals surface area contributed by atoms with Crippen LogP contribution in [-0.4, -0.2) is 33.5 Å². The lowest BCUT2D eigenvalue weighted by molar-refractivity contribution is -0.113. The summed E-state index contributed by atoms with van der Waals surface area (Å²) in [6.07, 6.45) is -0.340. The summed E-state index contributed by atoms with van der Waals surface area (Å²) in [6, 6.07) is 13.4. The van der Waals surface area contributed by atoms with E-state index >= 15 is 0 Å². The van der Waals surface area contributed by atoms with Crippen molar-refractivity contribution in [1.29, 1.82) is 0 Å². The van der Waals surface area contributed by atoms with Gasteiger partial charge in [-0.3, -0.25) is 4.79 Å². The first kappa shape index (κ1) is 25.1. The van der Waals surface area contributed by atoms with Gasteiger partial charge >= 0.3 is 0 Å². The van der Waals surface area contributed by atoms with Crippen LogP contribution >= 0.6 is 27.7 Å². The molecular formula is C24H29BrN4O3S. The molecule has 0 radical (unpaired) electrons. The number of methoxy groups -OCH3 is 1. The molecule has 1 heterocycles. The first-order valence-electron chi connectivity index (χ1n) is 10.8. The van der Waals surface area contributed by atoms with Crippen LogP contribution < -0.4 is 14.8 Å². The molecule has 3 aromatic rings. The van der Waals surface area contributed by atoms with Gasteiger partial charge in [-0.05, 0) is 55.7 Å². The van der Waals surface area contributed by atoms with E-state index in [2.05, 4.69) is 45.3 Å². The highest BCUT2D eigenvalue weighted by atomic mass is 79.9. The normalized spacial score (nSPS) is 12.0. The van der Waals surface area contributed by atoms with Crippen LogP contribution in [0.5, 0.6) is 11.5 Å². The van der Waals surface area contributed by atoms with Crippen LogP contribution in [0, 0.1) is 0 Å². The van der Waals surface area contributed by atoms with Crippen molar-refractivity contribution < 1.29 is 14.3 Å². The Morgan fingerprint density at radius 2 is 1.88 bits per heavy atom. The third kappa shape index (κ3) is 6.29. The number of nitrogens with one attached hydrogen (secondary N) is 1. The number of amides is 1. The molecule has 0 aliphatic carbocycles. The molecule has 1 unspecified atom stereocenters. The maximum atomic E-state index is 12.7. The standard InChI is InChI=1S/C24H29BrN4O3S/c1-6-29-23(16(4)32-21-10-8-7-9-20(21)31-5)27-28-24(29)33-14-22(30)26-19-12-11-17(25)13-18(19)15(2)3/h7-13,15-16H,6,14H2,1-5H3,(H,26,30). The fourth-order valence-corrected chi connectivity index (χ4v) is 4.59. The minimum atomic E-state index is -0.340. The average molecular weight is 533 g/mol. The second-order valence-electron chi connectivity index (χ2n) is 7.72. The molecule has 1 N–H and O–H groups in total. The molecular weight excluding hydrogens is 504 g/mol. The number of halogens is 1. The summed E-state index contributed by atoms with van der Waals surface area (Å²) in [7, 11) is 1.61. The van der Waals surface area contributed by atoms with Gasteiger partial charge in [0.2, 0.25) is 5.91 Å². The lowest BCUT2D eigenvalue weighted by Crippen LogP contribution is -2.16. The van der Waals surface area contributed by atoms with Gasteiger partial charge in [0, 0.05) is 16.7 Å². The highest BCUT2D eigenvalue weighted by Crippen LogP contribution is 2.31. The van der Waals surface area contributed by atoms with E-state index in [0.29, 0.717) is 34.9 Å². The van der Waals surface area contributed by atoms with Crippen LogP contribution in [0.25, 0.3) is 0 Å². The number of anilines is 1. The number of carbonyl (C=O) groups excluding carboxylic acids is 1. The van der Waals surface area contributed by atoms with Crippen molar-refractivity contribution in [2.75, 3.05) is 18.2 Å². The van der Waals surface area contributed by atoms with E-state index in [1.807, 2.05) is 60.9 Å². The summed E-state index contributed by atoms with van der Waals surface area (Å²) in [4.78, 5) is 12.7. The molecule has 176 valence electrons. The van der Waals surface area contributed by atoms with Crippen molar-refractivity contribution in [3.8, 4) is 11.5 Å². The minimum absolute atomic E-state index is 0.0882. The summed E-state index contributed by atoms with van der Waals surface area (Å²) in [5.74, 6) is 2.43. The maximum absolute atomic E-state index is 12.7. The zero-order valence-corrected chi connectivity index (χ0v) is 21.9. The SMILES string of the molecule is CCn1c(SCC(=O)Nc2ccc(Br)cc2C(C)C)nnc1C(C)Oc1ccccc1OC. The summed E-state index contributed by atoms with van der Waals surface area (Å²) < 4.78 is 14.4. The van der Waals surface area contributed by atoms with E-state index in [4.69, 9.17) is 9.47 Å². The zero-order chi connectivity index (χ0) is 24.0. The molecule has 0 spiro atoms. The van der Waals surface area contributed by atoms with Crippen LogP contribution in [0.1, 0.15) is 51.1 Å². The molecule has 2 aromatic carbocycles. The van der Waals surface area contributed by atoms with Crippen LogP contribution in [0.4, 0.5) is 5.69 Å². The van der Waals surface area contributed by atoms with Gasteiger partial charge in [-0.25, -0.2) is 0 Å². The largest absolute Gasteiger partial charge is 0.493 e. The fourth-order valence-electron chi connectivity index (χ4n) is 3.41. The molecule has 3 rings (SSSR count). The second kappa shape index (κ2) is 11.6. The smallest absolute Gasteiger partial charge is 0.234 e. The van der Waals surface area contributed by atoms with Crippen molar-refractivity contribution in [3.05, 3.63) is 58.3 Å². The van der Waals surface area contributed by atoms with Gasteiger partial charge in [-0.1, -0.05) is 53.7 Å². The Labute approximate surface area is 207 Å². The Kier molecular flexibility index (Phi) is 8.80. The summed E-state index contributed by atoms with van der Waals surface area (Å²) in [5.41, 5.74) is 1.92. The molecule has 0 bridgehead atoms. The third-order valence-corrected chi connectivity index (χ3v) is 6.50. The molecule has 0 aliphatic rings. The Hall–Kier alpha value is -2.52. The predicted molar refractivity (Wildman–Crippen MR) is 135 cm³/mol.